The molecule has 2 rings (SSSR count). The molecule has 0 spiro atoms. The normalized spacial score (nSPS) is 12.6. The van der Waals surface area contributed by atoms with Gasteiger partial charge in [0.05, 0.1) is 12.3 Å². The summed E-state index contributed by atoms with van der Waals surface area (Å²) >= 11 is 0. The molecule has 1 unspecified atom stereocenters. The second-order valence-corrected chi connectivity index (χ2v) is 4.76. The molecule has 0 amide bonds. The molecule has 0 aliphatic carbocycles. The molecule has 1 heterocycles. The first-order valence-corrected chi connectivity index (χ1v) is 7.02. The third-order valence-corrected chi connectivity index (χ3v) is 2.99. The first-order valence-electron chi connectivity index (χ1n) is 7.02. The van der Waals surface area contributed by atoms with E-state index in [1.54, 1.807) is 0 Å². The van der Waals surface area contributed by atoms with Gasteiger partial charge in [-0.15, -0.1) is 0 Å². The molecular weight excluding hydrogens is 252 g/mol. The summed E-state index contributed by atoms with van der Waals surface area (Å²) in [4.78, 5) is 4.60. The van der Waals surface area contributed by atoms with E-state index in [9.17, 15) is 0 Å². The van der Waals surface area contributed by atoms with Crippen molar-refractivity contribution in [3.05, 3.63) is 36.0 Å². The third kappa shape index (κ3) is 3.68. The van der Waals surface area contributed by atoms with Crippen molar-refractivity contribution in [1.82, 2.24) is 10.3 Å². The van der Waals surface area contributed by atoms with Gasteiger partial charge in [-0.2, -0.15) is 0 Å². The molecule has 0 aliphatic rings. The van der Waals surface area contributed by atoms with E-state index >= 15 is 0 Å². The van der Waals surface area contributed by atoms with Gasteiger partial charge < -0.3 is 14.8 Å². The van der Waals surface area contributed by atoms with Gasteiger partial charge in [0.2, 0.25) is 5.88 Å². The zero-order chi connectivity index (χ0) is 14.4. The molecule has 1 aromatic carbocycles. The first-order chi connectivity index (χ1) is 9.74. The predicted octanol–water partition coefficient (Wildman–Crippen LogP) is 2.76. The minimum atomic E-state index is -0.0179. The predicted molar refractivity (Wildman–Crippen MR) is 81.1 cm³/mol. The molecule has 4 heteroatoms. The second-order valence-electron chi connectivity index (χ2n) is 4.76. The van der Waals surface area contributed by atoms with E-state index in [4.69, 9.17) is 9.47 Å². The van der Waals surface area contributed by atoms with E-state index in [-0.39, 0.29) is 6.10 Å². The maximum atomic E-state index is 5.95. The molecule has 1 N–H and O–H groups in total. The summed E-state index contributed by atoms with van der Waals surface area (Å²) in [6.07, 6.45) is -0.0179. The Morgan fingerprint density at radius 2 is 2.10 bits per heavy atom. The molecule has 1 aromatic heterocycles. The molecule has 20 heavy (non-hydrogen) atoms. The highest BCUT2D eigenvalue weighted by atomic mass is 16.5. The summed E-state index contributed by atoms with van der Waals surface area (Å²) in [5.41, 5.74) is 0.977. The summed E-state index contributed by atoms with van der Waals surface area (Å²) in [6.45, 7) is 5.97. The van der Waals surface area contributed by atoms with Crippen molar-refractivity contribution in [1.29, 1.82) is 0 Å². The summed E-state index contributed by atoms with van der Waals surface area (Å²) in [5, 5.41) is 5.30. The fraction of sp³-hybridized carbons (Fsp3) is 0.438. The van der Waals surface area contributed by atoms with Gasteiger partial charge in [0.1, 0.15) is 6.10 Å². The van der Waals surface area contributed by atoms with Crippen LogP contribution >= 0.6 is 0 Å². The Kier molecular flexibility index (Phi) is 5.32. The Morgan fingerprint density at radius 3 is 2.85 bits per heavy atom. The lowest BCUT2D eigenvalue weighted by molar-refractivity contribution is 0.0641. The highest BCUT2D eigenvalue weighted by Crippen LogP contribution is 2.25. The summed E-state index contributed by atoms with van der Waals surface area (Å²) in [7, 11) is 1.91. The van der Waals surface area contributed by atoms with Gasteiger partial charge in [0.15, 0.2) is 0 Å². The van der Waals surface area contributed by atoms with Gasteiger partial charge in [-0.25, -0.2) is 4.98 Å². The van der Waals surface area contributed by atoms with Gasteiger partial charge in [-0.3, -0.25) is 0 Å². The first kappa shape index (κ1) is 14.8. The number of ether oxygens (including phenoxy) is 2. The molecule has 0 bridgehead atoms. The quantitative estimate of drug-likeness (QED) is 0.843. The highest BCUT2D eigenvalue weighted by molar-refractivity contribution is 5.87. The van der Waals surface area contributed by atoms with Gasteiger partial charge in [-0.1, -0.05) is 18.2 Å². The molecule has 0 saturated carbocycles. The van der Waals surface area contributed by atoms with E-state index < -0.39 is 0 Å². The van der Waals surface area contributed by atoms with Crippen molar-refractivity contribution in [2.24, 2.45) is 0 Å². The number of pyridine rings is 1. The maximum Gasteiger partial charge on any atom is 0.221 e. The molecule has 4 nitrogen and oxygen atoms in total. The van der Waals surface area contributed by atoms with Crippen molar-refractivity contribution in [2.45, 2.75) is 26.5 Å². The van der Waals surface area contributed by atoms with Crippen LogP contribution in [0.5, 0.6) is 5.88 Å². The molecule has 2 aromatic rings. The zero-order valence-corrected chi connectivity index (χ0v) is 12.3. The number of aromatic nitrogens is 1. The minimum Gasteiger partial charge on any atom is -0.472 e. The van der Waals surface area contributed by atoms with E-state index in [2.05, 4.69) is 22.4 Å². The smallest absolute Gasteiger partial charge is 0.221 e. The standard InChI is InChI=1S/C16H22N2O2/c1-4-19-11-12(2)20-16-15-8-6-5-7-13(15)9-14(18-16)10-17-3/h5-9,12,17H,4,10-11H2,1-3H3. The molecular formula is C16H22N2O2. The lowest BCUT2D eigenvalue weighted by atomic mass is 10.1. The molecule has 1 atom stereocenters. The summed E-state index contributed by atoms with van der Waals surface area (Å²) in [6, 6.07) is 10.2. The average molecular weight is 274 g/mol. The van der Waals surface area contributed by atoms with Crippen LogP contribution in [-0.4, -0.2) is 31.3 Å². The Bertz CT molecular complexity index is 557. The Hall–Kier alpha value is -1.65. The number of nitrogens with zero attached hydrogens (tertiary/aromatic N) is 1. The lowest BCUT2D eigenvalue weighted by Crippen LogP contribution is -2.20. The number of hydrogen-bond donors (Lipinski definition) is 1. The SMILES string of the molecule is CCOCC(C)Oc1nc(CNC)cc2ccccc12. The molecule has 0 fully saturated rings. The monoisotopic (exact) mass is 274 g/mol. The van der Waals surface area contributed by atoms with Crippen molar-refractivity contribution in [2.75, 3.05) is 20.3 Å². The molecule has 0 aliphatic heterocycles. The number of hydrogen-bond acceptors (Lipinski definition) is 4. The van der Waals surface area contributed by atoms with Crippen LogP contribution in [0.25, 0.3) is 10.8 Å². The van der Waals surface area contributed by atoms with Crippen LogP contribution < -0.4 is 10.1 Å². The van der Waals surface area contributed by atoms with Crippen LogP contribution in [0.4, 0.5) is 0 Å². The number of fused-ring (bicyclic) bond motifs is 1. The Balaban J connectivity index is 2.29. The van der Waals surface area contributed by atoms with E-state index in [0.29, 0.717) is 19.1 Å². The average Bonchev–Trinajstić information content (AvgIpc) is 2.45. The van der Waals surface area contributed by atoms with Crippen LogP contribution in [-0.2, 0) is 11.3 Å². The van der Waals surface area contributed by atoms with E-state index in [1.807, 2.05) is 39.1 Å². The fourth-order valence-electron chi connectivity index (χ4n) is 2.09. The Labute approximate surface area is 120 Å². The van der Waals surface area contributed by atoms with E-state index in [1.165, 1.54) is 0 Å². The second kappa shape index (κ2) is 7.22. The van der Waals surface area contributed by atoms with Crippen LogP contribution in [0.15, 0.2) is 30.3 Å². The van der Waals surface area contributed by atoms with Gasteiger partial charge in [0, 0.05) is 18.5 Å². The van der Waals surface area contributed by atoms with E-state index in [0.717, 1.165) is 23.0 Å². The number of rotatable bonds is 7. The van der Waals surface area contributed by atoms with Crippen molar-refractivity contribution in [3.63, 3.8) is 0 Å². The van der Waals surface area contributed by atoms with Gasteiger partial charge >= 0.3 is 0 Å². The highest BCUT2D eigenvalue weighted by Gasteiger charge is 2.10. The zero-order valence-electron chi connectivity index (χ0n) is 12.3. The van der Waals surface area contributed by atoms with Crippen LogP contribution in [0.3, 0.4) is 0 Å². The lowest BCUT2D eigenvalue weighted by Gasteiger charge is -2.16. The molecule has 0 saturated heterocycles. The maximum absolute atomic E-state index is 5.95. The largest absolute Gasteiger partial charge is 0.472 e. The summed E-state index contributed by atoms with van der Waals surface area (Å²) < 4.78 is 11.3. The molecule has 0 radical (unpaired) electrons. The van der Waals surface area contributed by atoms with Crippen molar-refractivity contribution < 1.29 is 9.47 Å². The van der Waals surface area contributed by atoms with Crippen LogP contribution in [0, 0.1) is 0 Å². The number of benzene rings is 1. The van der Waals surface area contributed by atoms with Gasteiger partial charge in [-0.05, 0) is 38.4 Å². The van der Waals surface area contributed by atoms with Crippen molar-refractivity contribution in [3.8, 4) is 5.88 Å². The fourth-order valence-corrected chi connectivity index (χ4v) is 2.09. The van der Waals surface area contributed by atoms with Crippen LogP contribution in [0.1, 0.15) is 19.5 Å². The number of nitrogens with one attached hydrogen (secondary N) is 1. The molecule has 108 valence electrons. The Morgan fingerprint density at radius 1 is 1.30 bits per heavy atom. The third-order valence-electron chi connectivity index (χ3n) is 2.99. The topological polar surface area (TPSA) is 43.4 Å². The minimum absolute atomic E-state index is 0.0179. The van der Waals surface area contributed by atoms with Gasteiger partial charge in [0.25, 0.3) is 0 Å². The van der Waals surface area contributed by atoms with Crippen LogP contribution in [0.2, 0.25) is 0 Å². The summed E-state index contributed by atoms with van der Waals surface area (Å²) in [5.74, 6) is 0.681. The van der Waals surface area contributed by atoms with Crippen molar-refractivity contribution >= 4 is 10.8 Å².